The molecular formula is C20H24N2O3. The van der Waals surface area contributed by atoms with E-state index < -0.39 is 0 Å². The monoisotopic (exact) mass is 340 g/mol. The Kier molecular flexibility index (Phi) is 4.25. The molecule has 1 aromatic carbocycles. The van der Waals surface area contributed by atoms with Crippen molar-refractivity contribution in [2.75, 3.05) is 20.2 Å². The minimum absolute atomic E-state index is 0.132. The Balaban J connectivity index is 1.48. The minimum Gasteiger partial charge on any atom is -0.496 e. The number of amides is 1. The molecule has 3 aliphatic heterocycles. The molecule has 1 N–H and O–H groups in total. The second-order valence-electron chi connectivity index (χ2n) is 7.07. The highest BCUT2D eigenvalue weighted by Crippen LogP contribution is 2.33. The first-order valence-corrected chi connectivity index (χ1v) is 8.94. The highest BCUT2D eigenvalue weighted by Gasteiger charge is 2.39. The quantitative estimate of drug-likeness (QED) is 0.929. The number of nitrogens with one attached hydrogen (secondary N) is 1. The molecule has 0 saturated carbocycles. The fourth-order valence-electron chi connectivity index (χ4n) is 4.15. The molecule has 132 valence electrons. The molecule has 2 aromatic rings. The van der Waals surface area contributed by atoms with Crippen molar-refractivity contribution in [2.24, 2.45) is 5.92 Å². The number of furan rings is 1. The normalized spacial score (nSPS) is 27.9. The van der Waals surface area contributed by atoms with E-state index in [0.29, 0.717) is 23.5 Å². The number of benzene rings is 1. The van der Waals surface area contributed by atoms with E-state index in [1.807, 2.05) is 30.3 Å². The van der Waals surface area contributed by atoms with Crippen LogP contribution in [0.4, 0.5) is 0 Å². The summed E-state index contributed by atoms with van der Waals surface area (Å²) in [5.41, 5.74) is 0.848. The zero-order valence-corrected chi connectivity index (χ0v) is 14.7. The zero-order valence-electron chi connectivity index (χ0n) is 14.7. The van der Waals surface area contributed by atoms with E-state index >= 15 is 0 Å². The van der Waals surface area contributed by atoms with E-state index in [0.717, 1.165) is 30.8 Å². The number of rotatable bonds is 4. The van der Waals surface area contributed by atoms with E-state index in [2.05, 4.69) is 17.1 Å². The highest BCUT2D eigenvalue weighted by atomic mass is 16.5. The van der Waals surface area contributed by atoms with Gasteiger partial charge in [-0.1, -0.05) is 12.1 Å². The van der Waals surface area contributed by atoms with Crippen LogP contribution < -0.4 is 10.1 Å². The Morgan fingerprint density at radius 3 is 2.84 bits per heavy atom. The predicted molar refractivity (Wildman–Crippen MR) is 95.7 cm³/mol. The Bertz CT molecular complexity index is 770. The number of para-hydroxylation sites is 1. The van der Waals surface area contributed by atoms with Gasteiger partial charge in [0, 0.05) is 18.6 Å². The fourth-order valence-corrected chi connectivity index (χ4v) is 4.15. The molecule has 3 fully saturated rings. The van der Waals surface area contributed by atoms with Crippen molar-refractivity contribution < 1.29 is 13.9 Å². The lowest BCUT2D eigenvalue weighted by Gasteiger charge is -2.48. The molecule has 0 aliphatic carbocycles. The maximum Gasteiger partial charge on any atom is 0.287 e. The first-order chi connectivity index (χ1) is 12.2. The van der Waals surface area contributed by atoms with Crippen LogP contribution in [0.5, 0.6) is 5.75 Å². The van der Waals surface area contributed by atoms with Crippen molar-refractivity contribution in [3.05, 3.63) is 42.2 Å². The summed E-state index contributed by atoms with van der Waals surface area (Å²) in [6, 6.07) is 12.1. The molecule has 1 aromatic heterocycles. The smallest absolute Gasteiger partial charge is 0.287 e. The van der Waals surface area contributed by atoms with Gasteiger partial charge in [0.25, 0.3) is 5.91 Å². The topological polar surface area (TPSA) is 54.7 Å². The van der Waals surface area contributed by atoms with Gasteiger partial charge in [0.05, 0.1) is 12.7 Å². The van der Waals surface area contributed by atoms with Crippen LogP contribution in [0.1, 0.15) is 30.3 Å². The maximum atomic E-state index is 12.6. The number of hydrogen-bond donors (Lipinski definition) is 1. The summed E-state index contributed by atoms with van der Waals surface area (Å²) in [6.45, 7) is 4.37. The lowest BCUT2D eigenvalue weighted by atomic mass is 9.80. The van der Waals surface area contributed by atoms with Gasteiger partial charge in [-0.25, -0.2) is 0 Å². The van der Waals surface area contributed by atoms with Gasteiger partial charge in [0.2, 0.25) is 0 Å². The highest BCUT2D eigenvalue weighted by molar-refractivity contribution is 5.92. The summed E-state index contributed by atoms with van der Waals surface area (Å²) in [4.78, 5) is 15.1. The minimum atomic E-state index is -0.132. The summed E-state index contributed by atoms with van der Waals surface area (Å²) in [7, 11) is 1.63. The maximum absolute atomic E-state index is 12.6. The SMILES string of the molecule is COc1ccccc1-c1ccc(C(=O)N[C@H]2CN3CCC2CC3C)o1. The van der Waals surface area contributed by atoms with Gasteiger partial charge in [-0.3, -0.25) is 9.69 Å². The van der Waals surface area contributed by atoms with Gasteiger partial charge in [-0.05, 0) is 56.5 Å². The van der Waals surface area contributed by atoms with Crippen LogP contribution in [-0.4, -0.2) is 43.1 Å². The van der Waals surface area contributed by atoms with Gasteiger partial charge >= 0.3 is 0 Å². The largest absolute Gasteiger partial charge is 0.496 e. The molecule has 2 bridgehead atoms. The van der Waals surface area contributed by atoms with Gasteiger partial charge in [0.1, 0.15) is 11.5 Å². The van der Waals surface area contributed by atoms with Gasteiger partial charge < -0.3 is 14.5 Å². The molecule has 5 heteroatoms. The third-order valence-corrected chi connectivity index (χ3v) is 5.57. The number of hydrogen-bond acceptors (Lipinski definition) is 4. The third-order valence-electron chi connectivity index (χ3n) is 5.57. The Morgan fingerprint density at radius 1 is 1.28 bits per heavy atom. The van der Waals surface area contributed by atoms with Crippen molar-refractivity contribution in [3.8, 4) is 17.1 Å². The molecule has 0 radical (unpaired) electrons. The number of carbonyl (C=O) groups excluding carboxylic acids is 1. The van der Waals surface area contributed by atoms with Crippen LogP contribution in [0, 0.1) is 5.92 Å². The first-order valence-electron chi connectivity index (χ1n) is 8.94. The fraction of sp³-hybridized carbons (Fsp3) is 0.450. The Morgan fingerprint density at radius 2 is 2.12 bits per heavy atom. The lowest BCUT2D eigenvalue weighted by Crippen LogP contribution is -2.60. The first kappa shape index (κ1) is 16.2. The van der Waals surface area contributed by atoms with Crippen molar-refractivity contribution in [1.82, 2.24) is 10.2 Å². The van der Waals surface area contributed by atoms with Crippen LogP contribution in [0.25, 0.3) is 11.3 Å². The molecule has 4 heterocycles. The van der Waals surface area contributed by atoms with Crippen LogP contribution in [-0.2, 0) is 0 Å². The van der Waals surface area contributed by atoms with E-state index in [1.54, 1.807) is 13.2 Å². The number of ether oxygens (including phenoxy) is 1. The van der Waals surface area contributed by atoms with Crippen molar-refractivity contribution >= 4 is 5.91 Å². The summed E-state index contributed by atoms with van der Waals surface area (Å²) < 4.78 is 11.2. The van der Waals surface area contributed by atoms with Gasteiger partial charge in [0.15, 0.2) is 5.76 Å². The molecular weight excluding hydrogens is 316 g/mol. The van der Waals surface area contributed by atoms with Crippen molar-refractivity contribution in [2.45, 2.75) is 31.8 Å². The molecule has 5 nitrogen and oxygen atoms in total. The van der Waals surface area contributed by atoms with E-state index in [1.165, 1.54) is 6.42 Å². The van der Waals surface area contributed by atoms with Crippen molar-refractivity contribution in [3.63, 3.8) is 0 Å². The molecule has 1 amide bonds. The Labute approximate surface area is 148 Å². The van der Waals surface area contributed by atoms with Crippen LogP contribution in [0.2, 0.25) is 0 Å². The number of nitrogens with zero attached hydrogens (tertiary/aromatic N) is 1. The molecule has 3 unspecified atom stereocenters. The molecule has 0 spiro atoms. The molecule has 3 aliphatic rings. The number of methoxy groups -OCH3 is 1. The lowest BCUT2D eigenvalue weighted by molar-refractivity contribution is 0.0269. The third kappa shape index (κ3) is 3.04. The van der Waals surface area contributed by atoms with Crippen LogP contribution >= 0.6 is 0 Å². The summed E-state index contributed by atoms with van der Waals surface area (Å²) >= 11 is 0. The standard InChI is InChI=1S/C20H24N2O3/c1-13-11-14-9-10-22(13)12-16(14)21-20(23)19-8-7-18(25-19)15-5-3-4-6-17(15)24-2/h3-8,13-14,16H,9-12H2,1-2H3,(H,21,23)/t13?,14?,16-/m0/s1. The summed E-state index contributed by atoms with van der Waals surface area (Å²) in [6.07, 6.45) is 2.33. The van der Waals surface area contributed by atoms with E-state index in [-0.39, 0.29) is 11.9 Å². The van der Waals surface area contributed by atoms with Gasteiger partial charge in [-0.15, -0.1) is 0 Å². The van der Waals surface area contributed by atoms with Gasteiger partial charge in [-0.2, -0.15) is 0 Å². The van der Waals surface area contributed by atoms with E-state index in [9.17, 15) is 4.79 Å². The number of piperidine rings is 3. The molecule has 4 atom stereocenters. The molecule has 25 heavy (non-hydrogen) atoms. The molecule has 5 rings (SSSR count). The second-order valence-corrected chi connectivity index (χ2v) is 7.07. The van der Waals surface area contributed by atoms with Crippen molar-refractivity contribution in [1.29, 1.82) is 0 Å². The number of fused-ring (bicyclic) bond motifs is 3. The average Bonchev–Trinajstić information content (AvgIpc) is 3.13. The predicted octanol–water partition coefficient (Wildman–Crippen LogP) is 3.17. The second kappa shape index (κ2) is 6.56. The summed E-state index contributed by atoms with van der Waals surface area (Å²) in [5, 5.41) is 3.17. The zero-order chi connectivity index (χ0) is 17.4. The molecule has 3 saturated heterocycles. The Hall–Kier alpha value is -2.27. The number of carbonyl (C=O) groups is 1. The van der Waals surface area contributed by atoms with Crippen LogP contribution in [0.15, 0.2) is 40.8 Å². The van der Waals surface area contributed by atoms with E-state index in [4.69, 9.17) is 9.15 Å². The summed E-state index contributed by atoms with van der Waals surface area (Å²) in [5.74, 6) is 2.17. The average molecular weight is 340 g/mol. The van der Waals surface area contributed by atoms with Crippen LogP contribution in [0.3, 0.4) is 0 Å².